The lowest BCUT2D eigenvalue weighted by atomic mass is 10.1. The third-order valence-electron chi connectivity index (χ3n) is 4.63. The standard InChI is InChI=1S/C18H22N4O/c1-20(2)18(23)14-4-3-5-16(8-14)21-10-15-11-22(9-13-6-7-13)19-17(15)12-21/h3-5,8,11,13H,6-7,9-10,12H2,1-2H3. The monoisotopic (exact) mass is 310 g/mol. The van der Waals surface area contributed by atoms with E-state index < -0.39 is 0 Å². The van der Waals surface area contributed by atoms with E-state index in [2.05, 4.69) is 21.8 Å². The quantitative estimate of drug-likeness (QED) is 0.871. The minimum absolute atomic E-state index is 0.0402. The van der Waals surface area contributed by atoms with Crippen LogP contribution in [0.15, 0.2) is 30.5 Å². The normalized spacial score (nSPS) is 16.5. The maximum atomic E-state index is 12.1. The van der Waals surface area contributed by atoms with Crippen molar-refractivity contribution in [2.75, 3.05) is 19.0 Å². The van der Waals surface area contributed by atoms with E-state index in [1.165, 1.54) is 24.1 Å². The summed E-state index contributed by atoms with van der Waals surface area (Å²) in [4.78, 5) is 16.0. The van der Waals surface area contributed by atoms with Gasteiger partial charge in [-0.25, -0.2) is 0 Å². The molecule has 2 aromatic rings. The molecule has 0 saturated heterocycles. The second-order valence-corrected chi connectivity index (χ2v) is 6.87. The summed E-state index contributed by atoms with van der Waals surface area (Å²) < 4.78 is 2.12. The Labute approximate surface area is 136 Å². The Bertz CT molecular complexity index is 722. The number of anilines is 1. The molecule has 120 valence electrons. The molecule has 1 aromatic heterocycles. The van der Waals surface area contributed by atoms with Gasteiger partial charge < -0.3 is 9.80 Å². The van der Waals surface area contributed by atoms with E-state index in [0.29, 0.717) is 0 Å². The summed E-state index contributed by atoms with van der Waals surface area (Å²) in [6.07, 6.45) is 4.90. The van der Waals surface area contributed by atoms with E-state index in [-0.39, 0.29) is 5.91 Å². The van der Waals surface area contributed by atoms with Gasteiger partial charge in [0, 0.05) is 50.2 Å². The van der Waals surface area contributed by atoms with Gasteiger partial charge in [-0.3, -0.25) is 9.48 Å². The van der Waals surface area contributed by atoms with Gasteiger partial charge in [0.1, 0.15) is 0 Å². The van der Waals surface area contributed by atoms with Crippen LogP contribution in [-0.4, -0.2) is 34.7 Å². The van der Waals surface area contributed by atoms with Gasteiger partial charge >= 0.3 is 0 Å². The summed E-state index contributed by atoms with van der Waals surface area (Å²) in [5, 5.41) is 4.73. The van der Waals surface area contributed by atoms with Crippen molar-refractivity contribution >= 4 is 11.6 Å². The van der Waals surface area contributed by atoms with Gasteiger partial charge in [-0.05, 0) is 37.0 Å². The first-order valence-corrected chi connectivity index (χ1v) is 8.22. The van der Waals surface area contributed by atoms with Crippen LogP contribution in [0.25, 0.3) is 0 Å². The van der Waals surface area contributed by atoms with Crippen molar-refractivity contribution in [3.63, 3.8) is 0 Å². The molecule has 23 heavy (non-hydrogen) atoms. The van der Waals surface area contributed by atoms with Crippen molar-refractivity contribution in [3.05, 3.63) is 47.3 Å². The molecular formula is C18H22N4O. The summed E-state index contributed by atoms with van der Waals surface area (Å²) in [5.41, 5.74) is 4.31. The fourth-order valence-corrected chi connectivity index (χ4v) is 3.15. The van der Waals surface area contributed by atoms with Gasteiger partial charge in [0.15, 0.2) is 0 Å². The molecule has 0 N–H and O–H groups in total. The van der Waals surface area contributed by atoms with Crippen LogP contribution in [0, 0.1) is 5.92 Å². The van der Waals surface area contributed by atoms with Crippen LogP contribution >= 0.6 is 0 Å². The molecule has 4 rings (SSSR count). The highest BCUT2D eigenvalue weighted by atomic mass is 16.2. The number of carbonyl (C=O) groups excluding carboxylic acids is 1. The molecule has 1 fully saturated rings. The summed E-state index contributed by atoms with van der Waals surface area (Å²) in [7, 11) is 3.56. The number of rotatable bonds is 4. The number of hydrogen-bond acceptors (Lipinski definition) is 3. The average molecular weight is 310 g/mol. The van der Waals surface area contributed by atoms with Crippen LogP contribution < -0.4 is 4.90 Å². The molecule has 1 aliphatic carbocycles. The fourth-order valence-electron chi connectivity index (χ4n) is 3.15. The van der Waals surface area contributed by atoms with Gasteiger partial charge in [-0.2, -0.15) is 5.10 Å². The lowest BCUT2D eigenvalue weighted by Gasteiger charge is -2.19. The second kappa shape index (κ2) is 5.41. The number of benzene rings is 1. The van der Waals surface area contributed by atoms with Crippen LogP contribution in [0.4, 0.5) is 5.69 Å². The zero-order chi connectivity index (χ0) is 16.0. The van der Waals surface area contributed by atoms with Crippen molar-refractivity contribution in [2.24, 2.45) is 5.92 Å². The minimum atomic E-state index is 0.0402. The molecule has 2 heterocycles. The molecule has 1 aliphatic heterocycles. The topological polar surface area (TPSA) is 41.4 Å². The van der Waals surface area contributed by atoms with Crippen LogP contribution in [-0.2, 0) is 19.6 Å². The highest BCUT2D eigenvalue weighted by Gasteiger charge is 2.26. The first kappa shape index (κ1) is 14.3. The van der Waals surface area contributed by atoms with E-state index in [1.54, 1.807) is 19.0 Å². The van der Waals surface area contributed by atoms with Gasteiger partial charge in [-0.1, -0.05) is 6.07 Å². The van der Waals surface area contributed by atoms with Crippen LogP contribution in [0.5, 0.6) is 0 Å². The Morgan fingerprint density at radius 1 is 1.30 bits per heavy atom. The number of fused-ring (bicyclic) bond motifs is 1. The van der Waals surface area contributed by atoms with Crippen molar-refractivity contribution in [3.8, 4) is 0 Å². The SMILES string of the molecule is CN(C)C(=O)c1cccc(N2Cc3cn(CC4CC4)nc3C2)c1. The summed E-state index contributed by atoms with van der Waals surface area (Å²) in [6.45, 7) is 2.77. The van der Waals surface area contributed by atoms with Crippen molar-refractivity contribution < 1.29 is 4.79 Å². The highest BCUT2D eigenvalue weighted by Crippen LogP contribution is 2.32. The van der Waals surface area contributed by atoms with Crippen LogP contribution in [0.1, 0.15) is 34.5 Å². The first-order valence-electron chi connectivity index (χ1n) is 8.22. The molecule has 0 atom stereocenters. The number of hydrogen-bond donors (Lipinski definition) is 0. The van der Waals surface area contributed by atoms with Gasteiger partial charge in [0.25, 0.3) is 5.91 Å². The fraction of sp³-hybridized carbons (Fsp3) is 0.444. The molecule has 0 spiro atoms. The zero-order valence-corrected chi connectivity index (χ0v) is 13.7. The second-order valence-electron chi connectivity index (χ2n) is 6.87. The summed E-state index contributed by atoms with van der Waals surface area (Å²) >= 11 is 0. The number of carbonyl (C=O) groups is 1. The number of amides is 1. The molecule has 5 heteroatoms. The Morgan fingerprint density at radius 2 is 2.13 bits per heavy atom. The lowest BCUT2D eigenvalue weighted by Crippen LogP contribution is -2.22. The Kier molecular flexibility index (Phi) is 3.36. The lowest BCUT2D eigenvalue weighted by molar-refractivity contribution is 0.0827. The predicted molar refractivity (Wildman–Crippen MR) is 89.3 cm³/mol. The van der Waals surface area contributed by atoms with Gasteiger partial charge in [-0.15, -0.1) is 0 Å². The third kappa shape index (κ3) is 2.83. The molecule has 1 aromatic carbocycles. The molecule has 1 amide bonds. The Balaban J connectivity index is 1.50. The van der Waals surface area contributed by atoms with E-state index in [9.17, 15) is 4.79 Å². The van der Waals surface area contributed by atoms with E-state index in [0.717, 1.165) is 36.8 Å². The first-order chi connectivity index (χ1) is 11.1. The summed E-state index contributed by atoms with van der Waals surface area (Å²) in [6, 6.07) is 7.87. The Morgan fingerprint density at radius 3 is 2.83 bits per heavy atom. The maximum Gasteiger partial charge on any atom is 0.253 e. The van der Waals surface area contributed by atoms with E-state index in [1.807, 2.05) is 18.2 Å². The molecule has 0 unspecified atom stereocenters. The maximum absolute atomic E-state index is 12.1. The molecule has 5 nitrogen and oxygen atoms in total. The van der Waals surface area contributed by atoms with Crippen molar-refractivity contribution in [1.82, 2.24) is 14.7 Å². The average Bonchev–Trinajstić information content (AvgIpc) is 3.13. The largest absolute Gasteiger partial charge is 0.361 e. The van der Waals surface area contributed by atoms with Crippen LogP contribution in [0.3, 0.4) is 0 Å². The zero-order valence-electron chi connectivity index (χ0n) is 13.7. The molecule has 1 saturated carbocycles. The van der Waals surface area contributed by atoms with E-state index >= 15 is 0 Å². The van der Waals surface area contributed by atoms with Crippen LogP contribution in [0.2, 0.25) is 0 Å². The van der Waals surface area contributed by atoms with Gasteiger partial charge in [0.05, 0.1) is 12.2 Å². The number of nitrogens with zero attached hydrogens (tertiary/aromatic N) is 4. The van der Waals surface area contributed by atoms with E-state index in [4.69, 9.17) is 5.10 Å². The predicted octanol–water partition coefficient (Wildman–Crippen LogP) is 2.52. The minimum Gasteiger partial charge on any atom is -0.361 e. The molecular weight excluding hydrogens is 288 g/mol. The molecule has 0 radical (unpaired) electrons. The molecule has 2 aliphatic rings. The van der Waals surface area contributed by atoms with Gasteiger partial charge in [0.2, 0.25) is 0 Å². The molecule has 0 bridgehead atoms. The summed E-state index contributed by atoms with van der Waals surface area (Å²) in [5.74, 6) is 0.887. The van der Waals surface area contributed by atoms with Crippen molar-refractivity contribution in [2.45, 2.75) is 32.5 Å². The number of aromatic nitrogens is 2. The third-order valence-corrected chi connectivity index (χ3v) is 4.63. The Hall–Kier alpha value is -2.30. The highest BCUT2D eigenvalue weighted by molar-refractivity contribution is 5.94. The van der Waals surface area contributed by atoms with Crippen molar-refractivity contribution in [1.29, 1.82) is 0 Å². The smallest absolute Gasteiger partial charge is 0.253 e.